The molecule has 5 heteroatoms. The van der Waals surface area contributed by atoms with E-state index in [2.05, 4.69) is 60.7 Å². The second-order valence-electron chi connectivity index (χ2n) is 10.8. The summed E-state index contributed by atoms with van der Waals surface area (Å²) >= 11 is 0. The van der Waals surface area contributed by atoms with Crippen LogP contribution in [0.2, 0.25) is 18.1 Å². The lowest BCUT2D eigenvalue weighted by Gasteiger charge is -2.36. The Morgan fingerprint density at radius 2 is 1.55 bits per heavy atom. The Labute approximate surface area is 189 Å². The molecule has 0 aliphatic carbocycles. The maximum absolute atomic E-state index is 14.9. The fourth-order valence-electron chi connectivity index (χ4n) is 3.43. The van der Waals surface area contributed by atoms with Crippen LogP contribution in [0.5, 0.6) is 5.75 Å². The Morgan fingerprint density at radius 3 is 2.06 bits per heavy atom. The average molecular weight is 447 g/mol. The monoisotopic (exact) mass is 446 g/mol. The van der Waals surface area contributed by atoms with Crippen LogP contribution >= 0.6 is 0 Å². The maximum atomic E-state index is 14.9. The highest BCUT2D eigenvalue weighted by Gasteiger charge is 2.37. The highest BCUT2D eigenvalue weighted by atomic mass is 28.4. The molecule has 0 spiro atoms. The van der Waals surface area contributed by atoms with E-state index in [4.69, 9.17) is 13.9 Å². The second-order valence-corrected chi connectivity index (χ2v) is 15.6. The van der Waals surface area contributed by atoms with Crippen LogP contribution in [0.1, 0.15) is 58.8 Å². The quantitative estimate of drug-likeness (QED) is 0.407. The minimum Gasteiger partial charge on any atom is -0.497 e. The second kappa shape index (κ2) is 9.43. The van der Waals surface area contributed by atoms with Crippen LogP contribution in [0, 0.1) is 11.2 Å². The average Bonchev–Trinajstić information content (AvgIpc) is 2.66. The normalized spacial score (nSPS) is 13.9. The van der Waals surface area contributed by atoms with E-state index in [9.17, 15) is 4.39 Å². The number of halogens is 1. The van der Waals surface area contributed by atoms with Crippen molar-refractivity contribution < 1.29 is 18.3 Å². The lowest BCUT2D eigenvalue weighted by atomic mass is 9.81. The van der Waals surface area contributed by atoms with Gasteiger partial charge in [-0.25, -0.2) is 4.39 Å². The minimum absolute atomic E-state index is 0.139. The highest BCUT2D eigenvalue weighted by molar-refractivity contribution is 6.74. The number of hydrogen-bond acceptors (Lipinski definition) is 3. The zero-order valence-electron chi connectivity index (χ0n) is 20.9. The molecule has 0 saturated carbocycles. The Bertz CT molecular complexity index is 895. The predicted octanol–water partition coefficient (Wildman–Crippen LogP) is 7.76. The molecule has 1 unspecified atom stereocenters. The van der Waals surface area contributed by atoms with Gasteiger partial charge in [-0.3, -0.25) is 0 Å². The number of benzene rings is 2. The van der Waals surface area contributed by atoms with Gasteiger partial charge in [0.2, 0.25) is 0 Å². The Morgan fingerprint density at radius 1 is 0.903 bits per heavy atom. The Kier molecular flexibility index (Phi) is 7.78. The molecule has 172 valence electrons. The van der Waals surface area contributed by atoms with E-state index in [-0.39, 0.29) is 22.4 Å². The molecule has 0 radical (unpaired) electrons. The van der Waals surface area contributed by atoms with Crippen molar-refractivity contribution >= 4 is 8.32 Å². The van der Waals surface area contributed by atoms with Crippen molar-refractivity contribution in [1.82, 2.24) is 0 Å². The molecule has 0 aliphatic rings. The van der Waals surface area contributed by atoms with Crippen LogP contribution in [0.3, 0.4) is 0 Å². The summed E-state index contributed by atoms with van der Waals surface area (Å²) in [6.07, 6.45) is -0.207. The maximum Gasteiger partial charge on any atom is 0.192 e. The summed E-state index contributed by atoms with van der Waals surface area (Å²) < 4.78 is 32.6. The van der Waals surface area contributed by atoms with Gasteiger partial charge in [-0.1, -0.05) is 59.7 Å². The summed E-state index contributed by atoms with van der Waals surface area (Å²) in [6.45, 7) is 18.1. The SMILES string of the molecule is COc1ccc(F)c(-c2ccc(CO[Si](C)(C)C(C)(C)C)cc2C(OC)C(C)(C)C)c1. The summed E-state index contributed by atoms with van der Waals surface area (Å²) in [4.78, 5) is 0. The third kappa shape index (κ3) is 5.97. The van der Waals surface area contributed by atoms with Gasteiger partial charge in [0.05, 0.1) is 19.8 Å². The predicted molar refractivity (Wildman–Crippen MR) is 130 cm³/mol. The first-order chi connectivity index (χ1) is 14.2. The molecule has 0 heterocycles. The molecule has 1 atom stereocenters. The van der Waals surface area contributed by atoms with Gasteiger partial charge in [-0.2, -0.15) is 0 Å². The van der Waals surface area contributed by atoms with E-state index >= 15 is 0 Å². The molecule has 0 aliphatic heterocycles. The van der Waals surface area contributed by atoms with Gasteiger partial charge in [0.1, 0.15) is 11.6 Å². The van der Waals surface area contributed by atoms with Crippen molar-refractivity contribution in [2.75, 3.05) is 14.2 Å². The summed E-state index contributed by atoms with van der Waals surface area (Å²) in [6, 6.07) is 11.0. The number of hydrogen-bond donors (Lipinski definition) is 0. The first-order valence-electron chi connectivity index (χ1n) is 10.8. The van der Waals surface area contributed by atoms with Gasteiger partial charge in [0.25, 0.3) is 0 Å². The molecule has 2 aromatic rings. The van der Waals surface area contributed by atoms with Gasteiger partial charge in [0.15, 0.2) is 8.32 Å². The van der Waals surface area contributed by atoms with E-state index in [1.165, 1.54) is 6.07 Å². The van der Waals surface area contributed by atoms with E-state index in [1.807, 2.05) is 12.1 Å². The van der Waals surface area contributed by atoms with Gasteiger partial charge < -0.3 is 13.9 Å². The van der Waals surface area contributed by atoms with Crippen molar-refractivity contribution in [3.8, 4) is 16.9 Å². The molecule has 0 amide bonds. The molecule has 31 heavy (non-hydrogen) atoms. The van der Waals surface area contributed by atoms with Crippen molar-refractivity contribution in [3.05, 3.63) is 53.3 Å². The number of rotatable bonds is 7. The van der Waals surface area contributed by atoms with Crippen molar-refractivity contribution in [1.29, 1.82) is 0 Å². The van der Waals surface area contributed by atoms with Crippen LogP contribution in [0.4, 0.5) is 4.39 Å². The number of ether oxygens (including phenoxy) is 2. The fraction of sp³-hybridized carbons (Fsp3) is 0.538. The van der Waals surface area contributed by atoms with Crippen molar-refractivity contribution in [3.63, 3.8) is 0 Å². The first-order valence-corrected chi connectivity index (χ1v) is 13.8. The van der Waals surface area contributed by atoms with Gasteiger partial charge in [-0.05, 0) is 58.4 Å². The third-order valence-corrected chi connectivity index (χ3v) is 10.8. The first kappa shape index (κ1) is 25.6. The lowest BCUT2D eigenvalue weighted by molar-refractivity contribution is 0.0155. The Balaban J connectivity index is 2.57. The molecule has 0 N–H and O–H groups in total. The summed E-state index contributed by atoms with van der Waals surface area (Å²) in [5.41, 5.74) is 3.18. The Hall–Kier alpha value is -1.69. The topological polar surface area (TPSA) is 27.7 Å². The van der Waals surface area contributed by atoms with E-state index in [0.717, 1.165) is 16.7 Å². The van der Waals surface area contributed by atoms with Gasteiger partial charge in [-0.15, -0.1) is 0 Å². The zero-order valence-corrected chi connectivity index (χ0v) is 21.9. The summed E-state index contributed by atoms with van der Waals surface area (Å²) in [7, 11) is 1.41. The van der Waals surface area contributed by atoms with Crippen LogP contribution in [0.25, 0.3) is 11.1 Å². The molecular formula is C26H39FO3Si. The summed E-state index contributed by atoms with van der Waals surface area (Å²) in [5.74, 6) is 0.341. The zero-order chi connectivity index (χ0) is 23.6. The van der Waals surface area contributed by atoms with Gasteiger partial charge >= 0.3 is 0 Å². The van der Waals surface area contributed by atoms with Crippen molar-refractivity contribution in [2.24, 2.45) is 5.41 Å². The molecule has 2 rings (SSSR count). The molecule has 0 bridgehead atoms. The largest absolute Gasteiger partial charge is 0.497 e. The molecule has 3 nitrogen and oxygen atoms in total. The number of methoxy groups -OCH3 is 2. The molecule has 0 saturated heterocycles. The van der Waals surface area contributed by atoms with E-state index in [0.29, 0.717) is 17.9 Å². The highest BCUT2D eigenvalue weighted by Crippen LogP contribution is 2.42. The van der Waals surface area contributed by atoms with Crippen LogP contribution in [0.15, 0.2) is 36.4 Å². The molecule has 0 aromatic heterocycles. The van der Waals surface area contributed by atoms with Crippen LogP contribution < -0.4 is 4.74 Å². The fourth-order valence-corrected chi connectivity index (χ4v) is 4.39. The molecule has 2 aromatic carbocycles. The lowest BCUT2D eigenvalue weighted by Crippen LogP contribution is -2.40. The van der Waals surface area contributed by atoms with Crippen LogP contribution in [-0.2, 0) is 15.8 Å². The summed E-state index contributed by atoms with van der Waals surface area (Å²) in [5, 5.41) is 0.139. The van der Waals surface area contributed by atoms with Crippen LogP contribution in [-0.4, -0.2) is 22.5 Å². The van der Waals surface area contributed by atoms with Gasteiger partial charge in [0, 0.05) is 12.7 Å². The molecular weight excluding hydrogens is 407 g/mol. The third-order valence-electron chi connectivity index (χ3n) is 6.29. The molecule has 0 fully saturated rings. The standard InChI is InChI=1S/C26H39FO3Si/c1-25(2,3)24(29-8)22-15-18(17-30-31(9,10)26(4,5)6)11-13-20(22)21-16-19(28-7)12-14-23(21)27/h11-16,24H,17H2,1-10H3. The van der Waals surface area contributed by atoms with E-state index in [1.54, 1.807) is 26.4 Å². The smallest absolute Gasteiger partial charge is 0.192 e. The van der Waals surface area contributed by atoms with E-state index < -0.39 is 8.32 Å². The minimum atomic E-state index is -1.88. The van der Waals surface area contributed by atoms with Crippen molar-refractivity contribution in [2.45, 2.75) is 72.4 Å².